The van der Waals surface area contributed by atoms with Crippen LogP contribution in [0, 0.1) is 0 Å². The number of aryl methyl sites for hydroxylation is 1. The molecule has 0 atom stereocenters. The molecule has 0 aliphatic heterocycles. The molecule has 3 rings (SSSR count). The molecular weight excluding hydrogens is 412 g/mol. The first-order valence-corrected chi connectivity index (χ1v) is 12.0. The minimum absolute atomic E-state index is 0.0996. The fourth-order valence-corrected chi connectivity index (χ4v) is 4.76. The predicted octanol–water partition coefficient (Wildman–Crippen LogP) is 4.96. The van der Waals surface area contributed by atoms with E-state index in [1.165, 1.54) is 11.3 Å². The molecule has 1 N–H and O–H groups in total. The van der Waals surface area contributed by atoms with Gasteiger partial charge in [-0.3, -0.25) is 9.59 Å². The highest BCUT2D eigenvalue weighted by atomic mass is 32.1. The minimum Gasteiger partial charge on any atom is -0.489 e. The number of ether oxygens (including phenoxy) is 2. The molecule has 0 bridgehead atoms. The van der Waals surface area contributed by atoms with Gasteiger partial charge in [0.1, 0.15) is 16.9 Å². The summed E-state index contributed by atoms with van der Waals surface area (Å²) >= 11 is 1.34. The quantitative estimate of drug-likeness (QED) is 0.401. The molecule has 3 aromatic rings. The van der Waals surface area contributed by atoms with Gasteiger partial charge in [0.2, 0.25) is 0 Å². The zero-order valence-corrected chi connectivity index (χ0v) is 19.5. The molecule has 0 aliphatic rings. The second kappa shape index (κ2) is 11.3. The largest absolute Gasteiger partial charge is 0.489 e. The molecule has 7 heteroatoms. The number of pyridine rings is 1. The molecule has 0 saturated heterocycles. The van der Waals surface area contributed by atoms with Crippen LogP contribution in [-0.2, 0) is 11.3 Å². The smallest absolute Gasteiger partial charge is 0.265 e. The summed E-state index contributed by atoms with van der Waals surface area (Å²) in [6.45, 7) is 8.63. The number of fused-ring (bicyclic) bond motifs is 3. The lowest BCUT2D eigenvalue weighted by Crippen LogP contribution is -2.25. The number of hydrogen-bond donors (Lipinski definition) is 1. The fraction of sp³-hybridized carbons (Fsp3) is 0.500. The van der Waals surface area contributed by atoms with Gasteiger partial charge in [-0.15, -0.1) is 11.3 Å². The van der Waals surface area contributed by atoms with Gasteiger partial charge in [-0.1, -0.05) is 44.9 Å². The van der Waals surface area contributed by atoms with E-state index in [1.807, 2.05) is 35.8 Å². The van der Waals surface area contributed by atoms with Crippen LogP contribution >= 0.6 is 11.3 Å². The van der Waals surface area contributed by atoms with Gasteiger partial charge in [0.25, 0.3) is 11.5 Å². The normalized spacial score (nSPS) is 11.3. The SMILES string of the molecule is CCCCNC(=O)c1sc2c(c1OCCOCC)c(=O)n(CCCC)c1ccccc21. The van der Waals surface area contributed by atoms with Crippen LogP contribution in [-0.4, -0.2) is 36.8 Å². The van der Waals surface area contributed by atoms with E-state index in [0.717, 1.165) is 41.3 Å². The first-order valence-electron chi connectivity index (χ1n) is 11.2. The zero-order valence-electron chi connectivity index (χ0n) is 18.7. The van der Waals surface area contributed by atoms with Gasteiger partial charge in [0.05, 0.1) is 16.8 Å². The number of unbranched alkanes of at least 4 members (excludes halogenated alkanes) is 2. The van der Waals surface area contributed by atoms with Gasteiger partial charge in [-0.05, 0) is 25.8 Å². The number of thiophene rings is 1. The highest BCUT2D eigenvalue weighted by Gasteiger charge is 2.25. The highest BCUT2D eigenvalue weighted by molar-refractivity contribution is 7.22. The van der Waals surface area contributed by atoms with E-state index in [0.29, 0.717) is 42.3 Å². The van der Waals surface area contributed by atoms with E-state index in [-0.39, 0.29) is 18.1 Å². The number of carbonyl (C=O) groups is 1. The third-order valence-electron chi connectivity index (χ3n) is 5.20. The number of hydrogen-bond acceptors (Lipinski definition) is 5. The minimum atomic E-state index is -0.190. The Morgan fingerprint density at radius 1 is 1.10 bits per heavy atom. The molecule has 0 unspecified atom stereocenters. The van der Waals surface area contributed by atoms with Crippen molar-refractivity contribution >= 4 is 38.2 Å². The monoisotopic (exact) mass is 444 g/mol. The van der Waals surface area contributed by atoms with Gasteiger partial charge >= 0.3 is 0 Å². The molecule has 1 amide bonds. The number of aromatic nitrogens is 1. The second-order valence-corrected chi connectivity index (χ2v) is 8.47. The lowest BCUT2D eigenvalue weighted by molar-refractivity contribution is 0.0942. The maximum absolute atomic E-state index is 13.6. The molecule has 168 valence electrons. The van der Waals surface area contributed by atoms with Crippen LogP contribution in [0.1, 0.15) is 56.1 Å². The summed E-state index contributed by atoms with van der Waals surface area (Å²) < 4.78 is 14.0. The van der Waals surface area contributed by atoms with E-state index in [9.17, 15) is 9.59 Å². The Bertz CT molecular complexity index is 1090. The first kappa shape index (κ1) is 23.3. The Kier molecular flexibility index (Phi) is 8.49. The van der Waals surface area contributed by atoms with Crippen LogP contribution in [0.4, 0.5) is 0 Å². The van der Waals surface area contributed by atoms with Crippen LogP contribution < -0.4 is 15.6 Å². The number of nitrogens with one attached hydrogen (secondary N) is 1. The van der Waals surface area contributed by atoms with Crippen molar-refractivity contribution in [3.63, 3.8) is 0 Å². The first-order chi connectivity index (χ1) is 15.1. The van der Waals surface area contributed by atoms with Crippen LogP contribution in [0.15, 0.2) is 29.1 Å². The summed E-state index contributed by atoms with van der Waals surface area (Å²) in [6, 6.07) is 7.90. The molecule has 0 saturated carbocycles. The Balaban J connectivity index is 2.18. The summed E-state index contributed by atoms with van der Waals surface area (Å²) in [5.74, 6) is 0.194. The molecule has 0 radical (unpaired) electrons. The average molecular weight is 445 g/mol. The molecule has 6 nitrogen and oxygen atoms in total. The number of benzene rings is 1. The average Bonchev–Trinajstić information content (AvgIpc) is 3.17. The van der Waals surface area contributed by atoms with Crippen molar-refractivity contribution in [2.75, 3.05) is 26.4 Å². The van der Waals surface area contributed by atoms with Crippen molar-refractivity contribution in [2.24, 2.45) is 0 Å². The summed E-state index contributed by atoms with van der Waals surface area (Å²) in [4.78, 5) is 27.0. The summed E-state index contributed by atoms with van der Waals surface area (Å²) in [6.07, 6.45) is 3.80. The molecular formula is C24H32N2O4S. The number of rotatable bonds is 12. The number of nitrogens with zero attached hydrogens (tertiary/aromatic N) is 1. The number of amides is 1. The molecule has 2 aromatic heterocycles. The van der Waals surface area contributed by atoms with Crippen LogP contribution in [0.25, 0.3) is 21.0 Å². The van der Waals surface area contributed by atoms with E-state index in [1.54, 1.807) is 0 Å². The fourth-order valence-electron chi connectivity index (χ4n) is 3.58. The molecule has 2 heterocycles. The molecule has 31 heavy (non-hydrogen) atoms. The van der Waals surface area contributed by atoms with Gasteiger partial charge in [-0.2, -0.15) is 0 Å². The van der Waals surface area contributed by atoms with Crippen LogP contribution in [0.3, 0.4) is 0 Å². The second-order valence-electron chi connectivity index (χ2n) is 7.45. The Hall–Kier alpha value is -2.38. The van der Waals surface area contributed by atoms with E-state index < -0.39 is 0 Å². The van der Waals surface area contributed by atoms with Crippen molar-refractivity contribution < 1.29 is 14.3 Å². The Labute approximate surface area is 187 Å². The van der Waals surface area contributed by atoms with Gasteiger partial charge < -0.3 is 19.4 Å². The Morgan fingerprint density at radius 2 is 1.87 bits per heavy atom. The highest BCUT2D eigenvalue weighted by Crippen LogP contribution is 2.39. The van der Waals surface area contributed by atoms with Gasteiger partial charge in [0.15, 0.2) is 5.75 Å². The molecule has 0 aliphatic carbocycles. The lowest BCUT2D eigenvalue weighted by atomic mass is 10.1. The standard InChI is InChI=1S/C24H32N2O4S/c1-4-7-13-25-23(27)22-20(30-16-15-29-6-3)19-21(31-22)17-11-9-10-12-18(17)26(24(19)28)14-8-5-2/h9-12H,4-8,13-16H2,1-3H3,(H,25,27). The zero-order chi connectivity index (χ0) is 22.2. The van der Waals surface area contributed by atoms with E-state index in [4.69, 9.17) is 9.47 Å². The predicted molar refractivity (Wildman–Crippen MR) is 128 cm³/mol. The lowest BCUT2D eigenvalue weighted by Gasteiger charge is -2.12. The number of carbonyl (C=O) groups excluding carboxylic acids is 1. The van der Waals surface area contributed by atoms with Gasteiger partial charge in [-0.25, -0.2) is 0 Å². The summed E-state index contributed by atoms with van der Waals surface area (Å²) in [7, 11) is 0. The third-order valence-corrected chi connectivity index (χ3v) is 6.40. The molecule has 0 spiro atoms. The van der Waals surface area contributed by atoms with Crippen LogP contribution in [0.2, 0.25) is 0 Å². The third kappa shape index (κ3) is 5.10. The van der Waals surface area contributed by atoms with Crippen LogP contribution in [0.5, 0.6) is 5.75 Å². The summed E-state index contributed by atoms with van der Waals surface area (Å²) in [5, 5.41) is 4.44. The van der Waals surface area contributed by atoms with Crippen molar-refractivity contribution in [2.45, 2.75) is 53.0 Å². The Morgan fingerprint density at radius 3 is 2.61 bits per heavy atom. The molecule has 1 aromatic carbocycles. The van der Waals surface area contributed by atoms with Gasteiger partial charge in [0, 0.05) is 25.1 Å². The maximum Gasteiger partial charge on any atom is 0.265 e. The summed E-state index contributed by atoms with van der Waals surface area (Å²) in [5.41, 5.74) is 0.797. The van der Waals surface area contributed by atoms with E-state index >= 15 is 0 Å². The van der Waals surface area contributed by atoms with Crippen molar-refractivity contribution in [1.82, 2.24) is 9.88 Å². The van der Waals surface area contributed by atoms with Crippen molar-refractivity contribution in [3.8, 4) is 5.75 Å². The van der Waals surface area contributed by atoms with Crippen molar-refractivity contribution in [1.29, 1.82) is 0 Å². The molecule has 0 fully saturated rings. The topological polar surface area (TPSA) is 69.6 Å². The maximum atomic E-state index is 13.6. The van der Waals surface area contributed by atoms with Crippen molar-refractivity contribution in [3.05, 3.63) is 39.5 Å². The number of para-hydroxylation sites is 1. The van der Waals surface area contributed by atoms with E-state index in [2.05, 4.69) is 19.2 Å².